The van der Waals surface area contributed by atoms with Gasteiger partial charge in [0.15, 0.2) is 5.96 Å². The number of halogens is 1. The molecule has 0 saturated heterocycles. The zero-order valence-corrected chi connectivity index (χ0v) is 17.6. The number of nitrogens with one attached hydrogen (secondary N) is 1. The summed E-state index contributed by atoms with van der Waals surface area (Å²) in [6.07, 6.45) is 3.61. The molecule has 0 fully saturated rings. The van der Waals surface area contributed by atoms with Gasteiger partial charge in [-0.3, -0.25) is 0 Å². The molecule has 3 N–H and O–H groups in total. The van der Waals surface area contributed by atoms with E-state index in [9.17, 15) is 0 Å². The Bertz CT molecular complexity index is 737. The molecular formula is C18H25IN4S. The Balaban J connectivity index is 0.00000208. The fourth-order valence-corrected chi connectivity index (χ4v) is 4.07. The number of hydrogen-bond acceptors (Lipinski definition) is 3. The number of fused-ring (bicyclic) bond motifs is 1. The second-order valence-corrected chi connectivity index (χ2v) is 7.65. The number of benzene rings is 1. The molecule has 130 valence electrons. The van der Waals surface area contributed by atoms with Crippen molar-refractivity contribution in [3.8, 4) is 0 Å². The molecule has 0 bridgehead atoms. The van der Waals surface area contributed by atoms with Gasteiger partial charge in [-0.15, -0.1) is 35.3 Å². The summed E-state index contributed by atoms with van der Waals surface area (Å²) in [6, 6.07) is 6.46. The lowest BCUT2D eigenvalue weighted by atomic mass is 10.1. The second kappa shape index (κ2) is 8.29. The first-order chi connectivity index (χ1) is 11.0. The van der Waals surface area contributed by atoms with Crippen LogP contribution in [0.1, 0.15) is 52.9 Å². The SMILES string of the molecule is Cc1sc(CN=C(N)Nc2ccc3c(c2)CCC3)nc1C(C)C.I. The molecule has 24 heavy (non-hydrogen) atoms. The van der Waals surface area contributed by atoms with E-state index in [1.807, 2.05) is 0 Å². The smallest absolute Gasteiger partial charge is 0.193 e. The first-order valence-electron chi connectivity index (χ1n) is 8.18. The van der Waals surface area contributed by atoms with E-state index in [0.29, 0.717) is 18.4 Å². The fourth-order valence-electron chi connectivity index (χ4n) is 3.06. The Hall–Kier alpha value is -1.15. The van der Waals surface area contributed by atoms with Crippen LogP contribution in [0.4, 0.5) is 5.69 Å². The van der Waals surface area contributed by atoms with Crippen LogP contribution in [0.2, 0.25) is 0 Å². The van der Waals surface area contributed by atoms with Crippen molar-refractivity contribution in [3.05, 3.63) is 44.9 Å². The van der Waals surface area contributed by atoms with E-state index in [0.717, 1.165) is 17.1 Å². The Kier molecular flexibility index (Phi) is 6.62. The molecule has 1 heterocycles. The molecule has 3 rings (SSSR count). The zero-order chi connectivity index (χ0) is 16.4. The molecule has 0 radical (unpaired) electrons. The van der Waals surface area contributed by atoms with E-state index in [2.05, 4.69) is 54.3 Å². The molecule has 1 aromatic heterocycles. The summed E-state index contributed by atoms with van der Waals surface area (Å²) in [4.78, 5) is 10.4. The number of nitrogens with two attached hydrogens (primary N) is 1. The van der Waals surface area contributed by atoms with Gasteiger partial charge in [0.1, 0.15) is 5.01 Å². The van der Waals surface area contributed by atoms with E-state index in [1.54, 1.807) is 11.3 Å². The van der Waals surface area contributed by atoms with Crippen LogP contribution in [0.3, 0.4) is 0 Å². The van der Waals surface area contributed by atoms with E-state index in [4.69, 9.17) is 5.73 Å². The quantitative estimate of drug-likeness (QED) is 0.401. The third-order valence-electron chi connectivity index (χ3n) is 4.18. The number of anilines is 1. The van der Waals surface area contributed by atoms with E-state index in [1.165, 1.54) is 34.5 Å². The first-order valence-corrected chi connectivity index (χ1v) is 8.99. The molecule has 0 saturated carbocycles. The van der Waals surface area contributed by atoms with Gasteiger partial charge in [-0.05, 0) is 55.4 Å². The Labute approximate surface area is 165 Å². The summed E-state index contributed by atoms with van der Waals surface area (Å²) in [7, 11) is 0. The summed E-state index contributed by atoms with van der Waals surface area (Å²) in [5.41, 5.74) is 11.1. The maximum Gasteiger partial charge on any atom is 0.193 e. The normalized spacial score (nSPS) is 13.8. The zero-order valence-electron chi connectivity index (χ0n) is 14.4. The van der Waals surface area contributed by atoms with Gasteiger partial charge in [-0.25, -0.2) is 9.98 Å². The van der Waals surface area contributed by atoms with Gasteiger partial charge in [0.25, 0.3) is 0 Å². The highest BCUT2D eigenvalue weighted by atomic mass is 127. The van der Waals surface area contributed by atoms with E-state index in [-0.39, 0.29) is 24.0 Å². The lowest BCUT2D eigenvalue weighted by Gasteiger charge is -2.07. The third kappa shape index (κ3) is 4.47. The highest BCUT2D eigenvalue weighted by Crippen LogP contribution is 2.25. The van der Waals surface area contributed by atoms with E-state index >= 15 is 0 Å². The van der Waals surface area contributed by atoms with Crippen LogP contribution in [-0.4, -0.2) is 10.9 Å². The van der Waals surface area contributed by atoms with Crippen molar-refractivity contribution in [2.45, 2.75) is 52.5 Å². The average Bonchev–Trinajstić information content (AvgIpc) is 3.10. The van der Waals surface area contributed by atoms with Gasteiger partial charge >= 0.3 is 0 Å². The van der Waals surface area contributed by atoms with Crippen LogP contribution in [0, 0.1) is 6.92 Å². The number of aromatic nitrogens is 1. The number of thiazole rings is 1. The maximum absolute atomic E-state index is 6.02. The largest absolute Gasteiger partial charge is 0.370 e. The summed E-state index contributed by atoms with van der Waals surface area (Å²) in [5, 5.41) is 4.21. The number of nitrogens with zero attached hydrogens (tertiary/aromatic N) is 2. The summed E-state index contributed by atoms with van der Waals surface area (Å²) < 4.78 is 0. The summed E-state index contributed by atoms with van der Waals surface area (Å²) >= 11 is 1.71. The standard InChI is InChI=1S/C18H24N4S.HI/c1-11(2)17-12(3)23-16(22-17)10-20-18(19)21-15-8-7-13-5-4-6-14(13)9-15;/h7-9,11H,4-6,10H2,1-3H3,(H3,19,20,21);1H. The number of hydrogen-bond donors (Lipinski definition) is 2. The highest BCUT2D eigenvalue weighted by molar-refractivity contribution is 14.0. The van der Waals surface area contributed by atoms with Gasteiger partial charge in [0, 0.05) is 10.6 Å². The Morgan fingerprint density at radius 2 is 2.08 bits per heavy atom. The Morgan fingerprint density at radius 1 is 1.33 bits per heavy atom. The molecule has 0 amide bonds. The lowest BCUT2D eigenvalue weighted by molar-refractivity contribution is 0.814. The van der Waals surface area contributed by atoms with Crippen LogP contribution >= 0.6 is 35.3 Å². The van der Waals surface area contributed by atoms with Crippen LogP contribution in [0.5, 0.6) is 0 Å². The third-order valence-corrected chi connectivity index (χ3v) is 5.15. The number of guanidine groups is 1. The summed E-state index contributed by atoms with van der Waals surface area (Å²) in [6.45, 7) is 6.98. The van der Waals surface area contributed by atoms with Gasteiger partial charge in [0.2, 0.25) is 0 Å². The van der Waals surface area contributed by atoms with Crippen molar-refractivity contribution < 1.29 is 0 Å². The predicted molar refractivity (Wildman–Crippen MR) is 114 cm³/mol. The molecule has 0 aliphatic heterocycles. The van der Waals surface area contributed by atoms with Gasteiger partial charge in [-0.2, -0.15) is 0 Å². The van der Waals surface area contributed by atoms with Gasteiger partial charge in [0.05, 0.1) is 12.2 Å². The molecule has 0 unspecified atom stereocenters. The minimum atomic E-state index is 0. The lowest BCUT2D eigenvalue weighted by Crippen LogP contribution is -2.22. The Morgan fingerprint density at radius 3 is 2.79 bits per heavy atom. The van der Waals surface area contributed by atoms with Crippen molar-refractivity contribution in [2.24, 2.45) is 10.7 Å². The van der Waals surface area contributed by atoms with Crippen molar-refractivity contribution in [1.29, 1.82) is 0 Å². The van der Waals surface area contributed by atoms with Gasteiger partial charge in [-0.1, -0.05) is 19.9 Å². The van der Waals surface area contributed by atoms with Crippen LogP contribution in [-0.2, 0) is 19.4 Å². The number of aryl methyl sites for hydroxylation is 3. The monoisotopic (exact) mass is 456 g/mol. The van der Waals surface area contributed by atoms with Crippen molar-refractivity contribution in [1.82, 2.24) is 4.98 Å². The number of rotatable bonds is 4. The van der Waals surface area contributed by atoms with Crippen LogP contribution in [0.25, 0.3) is 0 Å². The summed E-state index contributed by atoms with van der Waals surface area (Å²) in [5.74, 6) is 0.896. The predicted octanol–water partition coefficient (Wildman–Crippen LogP) is 4.61. The molecule has 1 aliphatic carbocycles. The second-order valence-electron chi connectivity index (χ2n) is 6.37. The molecule has 4 nitrogen and oxygen atoms in total. The number of aliphatic imine (C=N–C) groups is 1. The van der Waals surface area contributed by atoms with Crippen LogP contribution < -0.4 is 11.1 Å². The molecule has 0 atom stereocenters. The minimum absolute atomic E-state index is 0. The van der Waals surface area contributed by atoms with Crippen LogP contribution in [0.15, 0.2) is 23.2 Å². The molecule has 1 aromatic carbocycles. The molecule has 2 aromatic rings. The van der Waals surface area contributed by atoms with Crippen molar-refractivity contribution >= 4 is 47.0 Å². The molecular weight excluding hydrogens is 431 g/mol. The average molecular weight is 456 g/mol. The molecule has 6 heteroatoms. The van der Waals surface area contributed by atoms with E-state index < -0.39 is 0 Å². The minimum Gasteiger partial charge on any atom is -0.370 e. The maximum atomic E-state index is 6.02. The van der Waals surface area contributed by atoms with Crippen molar-refractivity contribution in [2.75, 3.05) is 5.32 Å². The first kappa shape index (κ1) is 19.2. The van der Waals surface area contributed by atoms with Gasteiger partial charge < -0.3 is 11.1 Å². The van der Waals surface area contributed by atoms with Crippen molar-refractivity contribution in [3.63, 3.8) is 0 Å². The molecule has 1 aliphatic rings. The topological polar surface area (TPSA) is 63.3 Å². The fraction of sp³-hybridized carbons (Fsp3) is 0.444. The molecule has 0 spiro atoms. The highest BCUT2D eigenvalue weighted by Gasteiger charge is 2.12.